The standard InChI is InChI=1S/C18H18N4O5S2/c1-11-5-4-6-12(9-11)16(23)19-17-20-21-18(28-17)29(24,25)22-14-8-7-13(26-2)10-15(14)27-3/h4-10,22H,1-3H3,(H,19,20,23). The number of ether oxygens (including phenoxy) is 2. The number of aromatic nitrogens is 2. The zero-order chi connectivity index (χ0) is 21.0. The van der Waals surface area contributed by atoms with Crippen LogP contribution in [0.5, 0.6) is 11.5 Å². The summed E-state index contributed by atoms with van der Waals surface area (Å²) in [6.07, 6.45) is 0. The summed E-state index contributed by atoms with van der Waals surface area (Å²) in [6.45, 7) is 1.87. The number of hydrogen-bond donors (Lipinski definition) is 2. The van der Waals surface area contributed by atoms with E-state index in [1.54, 1.807) is 30.3 Å². The second-order valence-electron chi connectivity index (χ2n) is 5.87. The molecule has 29 heavy (non-hydrogen) atoms. The molecular formula is C18H18N4O5S2. The lowest BCUT2D eigenvalue weighted by molar-refractivity contribution is 0.102. The van der Waals surface area contributed by atoms with Gasteiger partial charge in [-0.25, -0.2) is 0 Å². The summed E-state index contributed by atoms with van der Waals surface area (Å²) in [6, 6.07) is 11.6. The largest absolute Gasteiger partial charge is 0.497 e. The molecule has 0 fully saturated rings. The number of hydrogen-bond acceptors (Lipinski definition) is 8. The molecule has 0 unspecified atom stereocenters. The molecule has 0 atom stereocenters. The van der Waals surface area contributed by atoms with Gasteiger partial charge in [-0.15, -0.1) is 10.2 Å². The highest BCUT2D eigenvalue weighted by Crippen LogP contribution is 2.31. The van der Waals surface area contributed by atoms with Crippen molar-refractivity contribution >= 4 is 38.1 Å². The second-order valence-corrected chi connectivity index (χ2v) is 8.70. The molecule has 0 saturated heterocycles. The molecule has 0 saturated carbocycles. The predicted molar refractivity (Wildman–Crippen MR) is 109 cm³/mol. The van der Waals surface area contributed by atoms with Crippen LogP contribution in [0.25, 0.3) is 0 Å². The van der Waals surface area contributed by atoms with Crippen molar-refractivity contribution in [3.8, 4) is 11.5 Å². The third kappa shape index (κ3) is 4.81. The van der Waals surface area contributed by atoms with Gasteiger partial charge >= 0.3 is 0 Å². The highest BCUT2D eigenvalue weighted by atomic mass is 32.2. The Kier molecular flexibility index (Phi) is 5.99. The number of amides is 1. The van der Waals surface area contributed by atoms with Crippen molar-refractivity contribution in [2.45, 2.75) is 11.3 Å². The number of benzene rings is 2. The minimum atomic E-state index is -4.03. The molecule has 2 N–H and O–H groups in total. The lowest BCUT2D eigenvalue weighted by Crippen LogP contribution is -2.13. The normalized spacial score (nSPS) is 11.0. The first-order valence-electron chi connectivity index (χ1n) is 8.29. The van der Waals surface area contributed by atoms with Crippen molar-refractivity contribution in [1.82, 2.24) is 10.2 Å². The van der Waals surface area contributed by atoms with Crippen LogP contribution in [0.3, 0.4) is 0 Å². The van der Waals surface area contributed by atoms with Crippen molar-refractivity contribution in [3.63, 3.8) is 0 Å². The van der Waals surface area contributed by atoms with Gasteiger partial charge in [-0.1, -0.05) is 29.0 Å². The minimum absolute atomic E-state index is 0.0681. The van der Waals surface area contributed by atoms with Crippen LogP contribution in [0.15, 0.2) is 46.8 Å². The maximum absolute atomic E-state index is 12.6. The molecule has 152 valence electrons. The van der Waals surface area contributed by atoms with Gasteiger partial charge in [0.15, 0.2) is 0 Å². The zero-order valence-electron chi connectivity index (χ0n) is 15.8. The van der Waals surface area contributed by atoms with Gasteiger partial charge in [0.1, 0.15) is 11.5 Å². The molecule has 9 nitrogen and oxygen atoms in total. The van der Waals surface area contributed by atoms with Gasteiger partial charge in [-0.05, 0) is 31.2 Å². The number of aryl methyl sites for hydroxylation is 1. The van der Waals surface area contributed by atoms with Crippen molar-refractivity contribution in [2.24, 2.45) is 0 Å². The Balaban J connectivity index is 1.78. The fourth-order valence-electron chi connectivity index (χ4n) is 2.40. The Morgan fingerprint density at radius 1 is 1.07 bits per heavy atom. The van der Waals surface area contributed by atoms with Gasteiger partial charge in [0.25, 0.3) is 20.3 Å². The number of nitrogens with one attached hydrogen (secondary N) is 2. The average molecular weight is 434 g/mol. The SMILES string of the molecule is COc1ccc(NS(=O)(=O)c2nnc(NC(=O)c3cccc(C)c3)s2)c(OC)c1. The van der Waals surface area contributed by atoms with Crippen LogP contribution in [-0.4, -0.2) is 38.7 Å². The molecule has 0 aliphatic carbocycles. The molecule has 1 heterocycles. The van der Waals surface area contributed by atoms with E-state index in [4.69, 9.17) is 9.47 Å². The van der Waals surface area contributed by atoms with E-state index in [1.807, 2.05) is 13.0 Å². The highest BCUT2D eigenvalue weighted by molar-refractivity contribution is 7.94. The van der Waals surface area contributed by atoms with Crippen LogP contribution in [-0.2, 0) is 10.0 Å². The van der Waals surface area contributed by atoms with Crippen molar-refractivity contribution < 1.29 is 22.7 Å². The van der Waals surface area contributed by atoms with E-state index in [0.717, 1.165) is 16.9 Å². The first kappa shape index (κ1) is 20.6. The third-order valence-electron chi connectivity index (χ3n) is 3.79. The number of methoxy groups -OCH3 is 2. The fourth-order valence-corrected chi connectivity index (χ4v) is 4.36. The average Bonchev–Trinajstić information content (AvgIpc) is 3.17. The summed E-state index contributed by atoms with van der Waals surface area (Å²) >= 11 is 0.737. The maximum atomic E-state index is 12.6. The van der Waals surface area contributed by atoms with Crippen molar-refractivity contribution in [1.29, 1.82) is 0 Å². The zero-order valence-corrected chi connectivity index (χ0v) is 17.4. The first-order chi connectivity index (χ1) is 13.8. The molecule has 0 aliphatic rings. The molecular weight excluding hydrogens is 416 g/mol. The smallest absolute Gasteiger partial charge is 0.291 e. The van der Waals surface area contributed by atoms with Gasteiger partial charge in [0.05, 0.1) is 19.9 Å². The number of rotatable bonds is 7. The molecule has 3 rings (SSSR count). The number of sulfonamides is 1. The maximum Gasteiger partial charge on any atom is 0.291 e. The predicted octanol–water partition coefficient (Wildman–Crippen LogP) is 2.92. The van der Waals surface area contributed by atoms with Gasteiger partial charge in [0.2, 0.25) is 5.13 Å². The summed E-state index contributed by atoms with van der Waals surface area (Å²) in [5.74, 6) is 0.394. The fraction of sp³-hybridized carbons (Fsp3) is 0.167. The quantitative estimate of drug-likeness (QED) is 0.549. The van der Waals surface area contributed by atoms with E-state index >= 15 is 0 Å². The Hall–Kier alpha value is -3.18. The summed E-state index contributed by atoms with van der Waals surface area (Å²) < 4.78 is 37.7. The Labute approximate surface area is 171 Å². The molecule has 0 aliphatic heterocycles. The number of carbonyl (C=O) groups is 1. The van der Waals surface area contributed by atoms with Gasteiger partial charge in [0, 0.05) is 11.6 Å². The van der Waals surface area contributed by atoms with Crippen LogP contribution < -0.4 is 19.5 Å². The molecule has 11 heteroatoms. The molecule has 0 bridgehead atoms. The van der Waals surface area contributed by atoms with Gasteiger partial charge in [-0.3, -0.25) is 14.8 Å². The Morgan fingerprint density at radius 3 is 2.55 bits per heavy atom. The summed E-state index contributed by atoms with van der Waals surface area (Å²) in [7, 11) is -1.12. The summed E-state index contributed by atoms with van der Waals surface area (Å²) in [5, 5.41) is 10.0. The molecule has 0 radical (unpaired) electrons. The van der Waals surface area contributed by atoms with Crippen LogP contribution in [0, 0.1) is 6.92 Å². The summed E-state index contributed by atoms with van der Waals surface area (Å²) in [5.41, 5.74) is 1.58. The van der Waals surface area contributed by atoms with Crippen molar-refractivity contribution in [3.05, 3.63) is 53.6 Å². The Bertz CT molecular complexity index is 1140. The number of carbonyl (C=O) groups excluding carboxylic acids is 1. The minimum Gasteiger partial charge on any atom is -0.497 e. The number of anilines is 2. The lowest BCUT2D eigenvalue weighted by Gasteiger charge is -2.11. The Morgan fingerprint density at radius 2 is 1.86 bits per heavy atom. The van der Waals surface area contributed by atoms with Crippen LogP contribution in [0.2, 0.25) is 0 Å². The van der Waals surface area contributed by atoms with Crippen molar-refractivity contribution in [2.75, 3.05) is 24.3 Å². The second kappa shape index (κ2) is 8.45. The molecule has 0 spiro atoms. The molecule has 1 amide bonds. The van der Waals surface area contributed by atoms with Crippen LogP contribution in [0.1, 0.15) is 15.9 Å². The van der Waals surface area contributed by atoms with E-state index in [0.29, 0.717) is 11.3 Å². The number of nitrogens with zero attached hydrogens (tertiary/aromatic N) is 2. The van der Waals surface area contributed by atoms with Gasteiger partial charge in [-0.2, -0.15) is 8.42 Å². The first-order valence-corrected chi connectivity index (χ1v) is 10.6. The van der Waals surface area contributed by atoms with E-state index in [2.05, 4.69) is 20.2 Å². The van der Waals surface area contributed by atoms with Crippen LogP contribution in [0.4, 0.5) is 10.8 Å². The highest BCUT2D eigenvalue weighted by Gasteiger charge is 2.23. The third-order valence-corrected chi connectivity index (χ3v) is 6.36. The molecule has 2 aromatic carbocycles. The lowest BCUT2D eigenvalue weighted by atomic mass is 10.1. The molecule has 1 aromatic heterocycles. The topological polar surface area (TPSA) is 120 Å². The van der Waals surface area contributed by atoms with Gasteiger partial charge < -0.3 is 9.47 Å². The van der Waals surface area contributed by atoms with Crippen LogP contribution >= 0.6 is 11.3 Å². The summed E-state index contributed by atoms with van der Waals surface area (Å²) in [4.78, 5) is 12.3. The van der Waals surface area contributed by atoms with E-state index in [1.165, 1.54) is 20.3 Å². The monoisotopic (exact) mass is 434 g/mol. The van der Waals surface area contributed by atoms with E-state index in [9.17, 15) is 13.2 Å². The molecule has 3 aromatic rings. The van der Waals surface area contributed by atoms with E-state index < -0.39 is 15.9 Å². The van der Waals surface area contributed by atoms with E-state index in [-0.39, 0.29) is 20.9 Å².